The van der Waals surface area contributed by atoms with E-state index in [2.05, 4.69) is 36.6 Å². The minimum atomic E-state index is -3.58. The molecule has 112 valence electrons. The summed E-state index contributed by atoms with van der Waals surface area (Å²) in [5.74, 6) is 0.00717. The first kappa shape index (κ1) is 16.4. The first-order chi connectivity index (χ1) is 9.44. The quantitative estimate of drug-likeness (QED) is 0.777. The number of sulfonamides is 1. The smallest absolute Gasteiger partial charge is 0.241 e. The van der Waals surface area contributed by atoms with Crippen molar-refractivity contribution in [2.45, 2.75) is 36.6 Å². The Kier molecular flexibility index (Phi) is 5.64. The van der Waals surface area contributed by atoms with Gasteiger partial charge in [-0.25, -0.2) is 13.1 Å². The molecule has 0 heterocycles. The standard InChI is InChI=1S/C13H17Br2NO3S/c14-10-5-6-13(11(15)7-10)20(18,19)16-12-4-2-1-3-9(12)8-17/h5-7,9,12,16-17H,1-4,8H2. The maximum absolute atomic E-state index is 12.5. The molecule has 0 radical (unpaired) electrons. The minimum Gasteiger partial charge on any atom is -0.396 e. The van der Waals surface area contributed by atoms with Crippen LogP contribution in [0.1, 0.15) is 25.7 Å². The van der Waals surface area contributed by atoms with Crippen molar-refractivity contribution >= 4 is 41.9 Å². The summed E-state index contributed by atoms with van der Waals surface area (Å²) in [6.45, 7) is 0.0225. The minimum absolute atomic E-state index is 0.00717. The molecular weight excluding hydrogens is 410 g/mol. The summed E-state index contributed by atoms with van der Waals surface area (Å²) >= 11 is 6.59. The fraction of sp³-hybridized carbons (Fsp3) is 0.538. The molecule has 2 atom stereocenters. The van der Waals surface area contributed by atoms with Crippen molar-refractivity contribution in [1.29, 1.82) is 0 Å². The van der Waals surface area contributed by atoms with E-state index in [1.807, 2.05) is 0 Å². The number of rotatable bonds is 4. The van der Waals surface area contributed by atoms with E-state index in [0.29, 0.717) is 4.47 Å². The first-order valence-electron chi connectivity index (χ1n) is 6.52. The van der Waals surface area contributed by atoms with Gasteiger partial charge in [0.2, 0.25) is 10.0 Å². The third kappa shape index (κ3) is 3.82. The first-order valence-corrected chi connectivity index (χ1v) is 9.59. The van der Waals surface area contributed by atoms with Crippen molar-refractivity contribution in [2.75, 3.05) is 6.61 Å². The van der Waals surface area contributed by atoms with E-state index >= 15 is 0 Å². The molecule has 0 bridgehead atoms. The maximum atomic E-state index is 12.5. The molecule has 1 aliphatic carbocycles. The zero-order valence-corrected chi connectivity index (χ0v) is 14.8. The van der Waals surface area contributed by atoms with Gasteiger partial charge < -0.3 is 5.11 Å². The SMILES string of the molecule is O=S(=O)(NC1CCCCC1CO)c1ccc(Br)cc1Br. The summed E-state index contributed by atoms with van der Waals surface area (Å²) in [7, 11) is -3.58. The molecule has 1 aromatic rings. The number of hydrogen-bond donors (Lipinski definition) is 2. The number of halogens is 2. The third-order valence-corrected chi connectivity index (χ3v) is 6.59. The predicted octanol–water partition coefficient (Wildman–Crippen LogP) is 3.04. The van der Waals surface area contributed by atoms with Gasteiger partial charge in [-0.1, -0.05) is 28.8 Å². The fourth-order valence-corrected chi connectivity index (χ4v) is 5.62. The summed E-state index contributed by atoms with van der Waals surface area (Å²) < 4.78 is 29.0. The normalized spacial score (nSPS) is 23.8. The van der Waals surface area contributed by atoms with E-state index < -0.39 is 10.0 Å². The number of aliphatic hydroxyl groups is 1. The number of benzene rings is 1. The lowest BCUT2D eigenvalue weighted by atomic mass is 9.86. The van der Waals surface area contributed by atoms with Crippen LogP contribution in [-0.4, -0.2) is 26.2 Å². The van der Waals surface area contributed by atoms with E-state index in [0.717, 1.165) is 30.2 Å². The van der Waals surface area contributed by atoms with Crippen LogP contribution in [0.4, 0.5) is 0 Å². The van der Waals surface area contributed by atoms with Crippen LogP contribution in [0, 0.1) is 5.92 Å². The van der Waals surface area contributed by atoms with E-state index in [4.69, 9.17) is 0 Å². The zero-order chi connectivity index (χ0) is 14.8. The molecule has 1 aromatic carbocycles. The molecule has 0 saturated heterocycles. The summed E-state index contributed by atoms with van der Waals surface area (Å²) in [5.41, 5.74) is 0. The highest BCUT2D eigenvalue weighted by atomic mass is 79.9. The molecule has 0 aromatic heterocycles. The van der Waals surface area contributed by atoms with Gasteiger partial charge in [-0.3, -0.25) is 0 Å². The van der Waals surface area contributed by atoms with E-state index in [9.17, 15) is 13.5 Å². The molecule has 7 heteroatoms. The van der Waals surface area contributed by atoms with Gasteiger partial charge in [-0.05, 0) is 52.9 Å². The molecular formula is C13H17Br2NO3S. The second-order valence-electron chi connectivity index (χ2n) is 5.03. The van der Waals surface area contributed by atoms with E-state index in [-0.39, 0.29) is 23.5 Å². The average Bonchev–Trinajstić information content (AvgIpc) is 2.38. The van der Waals surface area contributed by atoms with Crippen molar-refractivity contribution in [3.05, 3.63) is 27.1 Å². The molecule has 1 fully saturated rings. The van der Waals surface area contributed by atoms with Crippen LogP contribution < -0.4 is 4.72 Å². The summed E-state index contributed by atoms with van der Waals surface area (Å²) in [6.07, 6.45) is 3.68. The van der Waals surface area contributed by atoms with E-state index in [1.54, 1.807) is 18.2 Å². The van der Waals surface area contributed by atoms with Gasteiger partial charge in [0.15, 0.2) is 0 Å². The Morgan fingerprint density at radius 1 is 1.25 bits per heavy atom. The lowest BCUT2D eigenvalue weighted by molar-refractivity contribution is 0.164. The highest BCUT2D eigenvalue weighted by Gasteiger charge is 2.29. The third-order valence-electron chi connectivity index (χ3n) is 3.63. The van der Waals surface area contributed by atoms with Crippen molar-refractivity contribution in [3.63, 3.8) is 0 Å². The number of nitrogens with one attached hydrogen (secondary N) is 1. The largest absolute Gasteiger partial charge is 0.396 e. The monoisotopic (exact) mass is 425 g/mol. The highest BCUT2D eigenvalue weighted by molar-refractivity contribution is 9.11. The van der Waals surface area contributed by atoms with Crippen LogP contribution in [0.2, 0.25) is 0 Å². The zero-order valence-electron chi connectivity index (χ0n) is 10.9. The van der Waals surface area contributed by atoms with Crippen LogP contribution >= 0.6 is 31.9 Å². The van der Waals surface area contributed by atoms with Crippen molar-refractivity contribution in [1.82, 2.24) is 4.72 Å². The van der Waals surface area contributed by atoms with Gasteiger partial charge in [-0.2, -0.15) is 0 Å². The van der Waals surface area contributed by atoms with Crippen LogP contribution in [0.25, 0.3) is 0 Å². The second kappa shape index (κ2) is 6.87. The maximum Gasteiger partial charge on any atom is 0.241 e. The lowest BCUT2D eigenvalue weighted by Gasteiger charge is -2.30. The summed E-state index contributed by atoms with van der Waals surface area (Å²) in [4.78, 5) is 0.225. The van der Waals surface area contributed by atoms with Crippen molar-refractivity contribution in [2.24, 2.45) is 5.92 Å². The Hall–Kier alpha value is 0.0500. The van der Waals surface area contributed by atoms with Gasteiger partial charge in [0.05, 0.1) is 4.90 Å². The van der Waals surface area contributed by atoms with Crippen molar-refractivity contribution in [3.8, 4) is 0 Å². The number of hydrogen-bond acceptors (Lipinski definition) is 3. The lowest BCUT2D eigenvalue weighted by Crippen LogP contribution is -2.43. The van der Waals surface area contributed by atoms with Crippen LogP contribution in [0.15, 0.2) is 32.0 Å². The van der Waals surface area contributed by atoms with Crippen LogP contribution in [-0.2, 0) is 10.0 Å². The molecule has 1 aliphatic rings. The van der Waals surface area contributed by atoms with E-state index in [1.165, 1.54) is 0 Å². The fourth-order valence-electron chi connectivity index (χ4n) is 2.54. The molecule has 2 unspecified atom stereocenters. The van der Waals surface area contributed by atoms with Gasteiger partial charge in [0.1, 0.15) is 0 Å². The van der Waals surface area contributed by atoms with Gasteiger partial charge in [0.25, 0.3) is 0 Å². The van der Waals surface area contributed by atoms with Crippen LogP contribution in [0.5, 0.6) is 0 Å². The summed E-state index contributed by atoms with van der Waals surface area (Å²) in [6, 6.07) is 4.78. The molecule has 2 N–H and O–H groups in total. The Balaban J connectivity index is 2.22. The molecule has 4 nitrogen and oxygen atoms in total. The molecule has 2 rings (SSSR count). The Morgan fingerprint density at radius 3 is 2.60 bits per heavy atom. The summed E-state index contributed by atoms with van der Waals surface area (Å²) in [5, 5.41) is 9.37. The van der Waals surface area contributed by atoms with Crippen LogP contribution in [0.3, 0.4) is 0 Å². The molecule has 0 amide bonds. The Bertz CT molecular complexity index is 577. The number of aliphatic hydroxyl groups excluding tert-OH is 1. The molecule has 0 spiro atoms. The predicted molar refractivity (Wildman–Crippen MR) is 85.0 cm³/mol. The Morgan fingerprint density at radius 2 is 1.95 bits per heavy atom. The molecule has 0 aliphatic heterocycles. The topological polar surface area (TPSA) is 66.4 Å². The average molecular weight is 427 g/mol. The van der Waals surface area contributed by atoms with Crippen molar-refractivity contribution < 1.29 is 13.5 Å². The molecule has 20 heavy (non-hydrogen) atoms. The van der Waals surface area contributed by atoms with Gasteiger partial charge in [-0.15, -0.1) is 0 Å². The second-order valence-corrected chi connectivity index (χ2v) is 8.48. The Labute approximate surface area is 136 Å². The highest BCUT2D eigenvalue weighted by Crippen LogP contribution is 2.29. The molecule has 1 saturated carbocycles. The van der Waals surface area contributed by atoms with Gasteiger partial charge >= 0.3 is 0 Å². The van der Waals surface area contributed by atoms with Gasteiger partial charge in [0, 0.05) is 21.6 Å².